The lowest BCUT2D eigenvalue weighted by Crippen LogP contribution is -2.34. The summed E-state index contributed by atoms with van der Waals surface area (Å²) in [7, 11) is 3.96. The second-order valence-electron chi connectivity index (χ2n) is 9.11. The van der Waals surface area contributed by atoms with E-state index >= 15 is 0 Å². The summed E-state index contributed by atoms with van der Waals surface area (Å²) in [5.41, 5.74) is 1.87. The Bertz CT molecular complexity index is 1200. The molecule has 0 atom stereocenters. The van der Waals surface area contributed by atoms with Gasteiger partial charge in [-0.3, -0.25) is 14.9 Å². The van der Waals surface area contributed by atoms with Crippen molar-refractivity contribution in [2.75, 3.05) is 30.9 Å². The Morgan fingerprint density at radius 3 is 2.53 bits per heavy atom. The Morgan fingerprint density at radius 2 is 1.85 bits per heavy atom. The molecule has 4 rings (SSSR count). The van der Waals surface area contributed by atoms with Crippen molar-refractivity contribution in [3.8, 4) is 0 Å². The highest BCUT2D eigenvalue weighted by molar-refractivity contribution is 5.94. The highest BCUT2D eigenvalue weighted by atomic mass is 16.6. The average Bonchev–Trinajstić information content (AvgIpc) is 2.82. The molecular formula is C25H30N6O3. The van der Waals surface area contributed by atoms with E-state index in [1.165, 1.54) is 12.1 Å². The van der Waals surface area contributed by atoms with Crippen molar-refractivity contribution in [3.05, 3.63) is 63.7 Å². The highest BCUT2D eigenvalue weighted by Crippen LogP contribution is 2.28. The number of carbonyl (C=O) groups is 1. The molecule has 0 bridgehead atoms. The van der Waals surface area contributed by atoms with Crippen LogP contribution in [0.5, 0.6) is 0 Å². The normalized spacial score (nSPS) is 17.9. The van der Waals surface area contributed by atoms with E-state index < -0.39 is 4.92 Å². The largest absolute Gasteiger partial charge is 0.362 e. The van der Waals surface area contributed by atoms with Gasteiger partial charge in [-0.05, 0) is 62.8 Å². The van der Waals surface area contributed by atoms with Gasteiger partial charge < -0.3 is 15.5 Å². The molecule has 2 aromatic carbocycles. The van der Waals surface area contributed by atoms with Gasteiger partial charge in [0.25, 0.3) is 11.6 Å². The molecule has 1 amide bonds. The summed E-state index contributed by atoms with van der Waals surface area (Å²) < 4.78 is 0. The number of para-hydroxylation sites is 1. The number of aryl methyl sites for hydroxylation is 1. The third-order valence-electron chi connectivity index (χ3n) is 6.39. The van der Waals surface area contributed by atoms with E-state index in [0.29, 0.717) is 35.6 Å². The molecule has 1 saturated carbocycles. The van der Waals surface area contributed by atoms with Crippen LogP contribution in [-0.4, -0.2) is 47.5 Å². The summed E-state index contributed by atoms with van der Waals surface area (Å²) in [5.74, 6) is 1.74. The van der Waals surface area contributed by atoms with Crippen LogP contribution in [0.1, 0.15) is 41.6 Å². The third-order valence-corrected chi connectivity index (χ3v) is 6.39. The Balaban J connectivity index is 1.30. The Labute approximate surface area is 198 Å². The van der Waals surface area contributed by atoms with Crippen molar-refractivity contribution in [2.45, 2.75) is 38.6 Å². The molecule has 9 nitrogen and oxygen atoms in total. The third kappa shape index (κ3) is 5.24. The number of aromatic nitrogens is 2. The second-order valence-corrected chi connectivity index (χ2v) is 9.11. The number of benzene rings is 2. The number of carbonyl (C=O) groups excluding carboxylic acids is 1. The molecule has 34 heavy (non-hydrogen) atoms. The van der Waals surface area contributed by atoms with Gasteiger partial charge in [0.15, 0.2) is 0 Å². The molecule has 0 saturated heterocycles. The number of nitrogens with zero attached hydrogens (tertiary/aromatic N) is 4. The predicted octanol–water partition coefficient (Wildman–Crippen LogP) is 4.31. The lowest BCUT2D eigenvalue weighted by atomic mass is 9.86. The van der Waals surface area contributed by atoms with E-state index in [9.17, 15) is 14.9 Å². The zero-order valence-electron chi connectivity index (χ0n) is 19.7. The zero-order chi connectivity index (χ0) is 24.2. The molecule has 1 heterocycles. The van der Waals surface area contributed by atoms with E-state index in [4.69, 9.17) is 9.97 Å². The molecular weight excluding hydrogens is 432 g/mol. The minimum absolute atomic E-state index is 0.0236. The van der Waals surface area contributed by atoms with Gasteiger partial charge in [-0.1, -0.05) is 12.1 Å². The van der Waals surface area contributed by atoms with Crippen LogP contribution < -0.4 is 15.5 Å². The highest BCUT2D eigenvalue weighted by Gasteiger charge is 2.23. The summed E-state index contributed by atoms with van der Waals surface area (Å²) in [4.78, 5) is 34.5. The zero-order valence-corrected chi connectivity index (χ0v) is 19.7. The van der Waals surface area contributed by atoms with E-state index in [-0.39, 0.29) is 11.6 Å². The van der Waals surface area contributed by atoms with Gasteiger partial charge in [0.05, 0.1) is 10.4 Å². The number of rotatable bonds is 7. The van der Waals surface area contributed by atoms with Gasteiger partial charge in [0.2, 0.25) is 5.95 Å². The summed E-state index contributed by atoms with van der Waals surface area (Å²) in [6.45, 7) is 2.24. The smallest absolute Gasteiger partial charge is 0.272 e. The van der Waals surface area contributed by atoms with Crippen molar-refractivity contribution in [1.29, 1.82) is 0 Å². The quantitative estimate of drug-likeness (QED) is 0.397. The molecule has 0 aliphatic heterocycles. The van der Waals surface area contributed by atoms with Crippen molar-refractivity contribution in [3.63, 3.8) is 0 Å². The maximum absolute atomic E-state index is 12.5. The van der Waals surface area contributed by atoms with Crippen molar-refractivity contribution < 1.29 is 9.72 Å². The SMILES string of the molecule is Cc1cc(C(=O)NCC2CCC(Nc3nc(N(C)C)c4ccccc4n3)CC2)ccc1[N+](=O)[O-]. The van der Waals surface area contributed by atoms with Gasteiger partial charge in [0, 0.05) is 49.3 Å². The fourth-order valence-corrected chi connectivity index (χ4v) is 4.50. The predicted molar refractivity (Wildman–Crippen MR) is 133 cm³/mol. The van der Waals surface area contributed by atoms with Crippen LogP contribution in [0.3, 0.4) is 0 Å². The maximum atomic E-state index is 12.5. The molecule has 0 unspecified atom stereocenters. The van der Waals surface area contributed by atoms with Gasteiger partial charge >= 0.3 is 0 Å². The van der Waals surface area contributed by atoms with Gasteiger partial charge in [-0.25, -0.2) is 4.98 Å². The summed E-state index contributed by atoms with van der Waals surface area (Å²) >= 11 is 0. The summed E-state index contributed by atoms with van der Waals surface area (Å²) in [6, 6.07) is 12.8. The van der Waals surface area contributed by atoms with E-state index in [0.717, 1.165) is 42.4 Å². The number of fused-ring (bicyclic) bond motifs is 1. The molecule has 3 aromatic rings. The fourth-order valence-electron chi connectivity index (χ4n) is 4.50. The first-order valence-electron chi connectivity index (χ1n) is 11.6. The molecule has 1 fully saturated rings. The van der Waals surface area contributed by atoms with Crippen LogP contribution in [0.15, 0.2) is 42.5 Å². The number of hydrogen-bond acceptors (Lipinski definition) is 7. The van der Waals surface area contributed by atoms with E-state index in [2.05, 4.69) is 10.6 Å². The number of nitrogens with one attached hydrogen (secondary N) is 2. The van der Waals surface area contributed by atoms with Crippen molar-refractivity contribution in [2.24, 2.45) is 5.92 Å². The number of nitro benzene ring substituents is 1. The lowest BCUT2D eigenvalue weighted by molar-refractivity contribution is -0.385. The minimum atomic E-state index is -0.437. The van der Waals surface area contributed by atoms with E-state index in [1.807, 2.05) is 43.3 Å². The average molecular weight is 463 g/mol. The van der Waals surface area contributed by atoms with Gasteiger partial charge in [-0.2, -0.15) is 4.98 Å². The van der Waals surface area contributed by atoms with Crippen LogP contribution in [0.4, 0.5) is 17.5 Å². The fraction of sp³-hybridized carbons (Fsp3) is 0.400. The summed E-state index contributed by atoms with van der Waals surface area (Å²) in [6.07, 6.45) is 3.94. The second kappa shape index (κ2) is 10.0. The topological polar surface area (TPSA) is 113 Å². The molecule has 0 radical (unpaired) electrons. The van der Waals surface area contributed by atoms with Crippen LogP contribution >= 0.6 is 0 Å². The maximum Gasteiger partial charge on any atom is 0.272 e. The molecule has 1 aliphatic rings. The number of nitro groups is 1. The van der Waals surface area contributed by atoms with Crippen LogP contribution in [0.25, 0.3) is 10.9 Å². The van der Waals surface area contributed by atoms with Crippen LogP contribution in [0, 0.1) is 23.0 Å². The van der Waals surface area contributed by atoms with Gasteiger partial charge in [0.1, 0.15) is 5.82 Å². The van der Waals surface area contributed by atoms with Crippen LogP contribution in [-0.2, 0) is 0 Å². The first-order chi connectivity index (χ1) is 16.3. The number of hydrogen-bond donors (Lipinski definition) is 2. The molecule has 2 N–H and O–H groups in total. The number of anilines is 2. The Morgan fingerprint density at radius 1 is 1.12 bits per heavy atom. The number of amides is 1. The molecule has 178 valence electrons. The van der Waals surface area contributed by atoms with Crippen LogP contribution in [0.2, 0.25) is 0 Å². The Kier molecular flexibility index (Phi) is 6.90. The van der Waals surface area contributed by atoms with Crippen molar-refractivity contribution in [1.82, 2.24) is 15.3 Å². The molecule has 1 aliphatic carbocycles. The standard InChI is InChI=1S/C25H30N6O3/c1-16-14-18(10-13-22(16)31(33)34)24(32)26-15-17-8-11-19(12-9-17)27-25-28-21-7-5-4-6-20(21)23(29-25)30(2)3/h4-7,10,13-14,17,19H,8-9,11-12,15H2,1-3H3,(H,26,32)(H,27,28,29). The first kappa shape index (κ1) is 23.4. The molecule has 9 heteroatoms. The lowest BCUT2D eigenvalue weighted by Gasteiger charge is -2.29. The monoisotopic (exact) mass is 462 g/mol. The van der Waals surface area contributed by atoms with E-state index in [1.54, 1.807) is 13.0 Å². The Hall–Kier alpha value is -3.75. The van der Waals surface area contributed by atoms with Gasteiger partial charge in [-0.15, -0.1) is 0 Å². The minimum Gasteiger partial charge on any atom is -0.362 e. The first-order valence-corrected chi connectivity index (χ1v) is 11.6. The van der Waals surface area contributed by atoms with Crippen molar-refractivity contribution >= 4 is 34.3 Å². The molecule has 1 aromatic heterocycles. The molecule has 0 spiro atoms. The summed E-state index contributed by atoms with van der Waals surface area (Å²) in [5, 5.41) is 18.5.